The van der Waals surface area contributed by atoms with Crippen molar-refractivity contribution in [1.29, 1.82) is 0 Å². The smallest absolute Gasteiger partial charge is 0.0541 e. The van der Waals surface area contributed by atoms with Crippen LogP contribution >= 0.6 is 0 Å². The van der Waals surface area contributed by atoms with Crippen LogP contribution in [0.1, 0.15) is 0 Å². The van der Waals surface area contributed by atoms with Crippen LogP contribution in [-0.2, 0) is 0 Å². The highest BCUT2D eigenvalue weighted by atomic mass is 15.0. The number of nitrogens with zero attached hydrogens (tertiary/aromatic N) is 1. The largest absolute Gasteiger partial charge is 0.356 e. The Labute approximate surface area is 245 Å². The summed E-state index contributed by atoms with van der Waals surface area (Å²) in [4.78, 5) is 0. The van der Waals surface area contributed by atoms with Gasteiger partial charge >= 0.3 is 0 Å². The zero-order valence-electron chi connectivity index (χ0n) is 23.0. The van der Waals surface area contributed by atoms with Gasteiger partial charge in [-0.25, -0.2) is 0 Å². The number of para-hydroxylation sites is 2. The Balaban J connectivity index is 1.07. The number of rotatable bonds is 5. The summed E-state index contributed by atoms with van der Waals surface area (Å²) in [7, 11) is 0. The van der Waals surface area contributed by atoms with Crippen molar-refractivity contribution in [2.24, 2.45) is 0 Å². The van der Waals surface area contributed by atoms with E-state index in [1.165, 1.54) is 60.5 Å². The van der Waals surface area contributed by atoms with Gasteiger partial charge in [-0.15, -0.1) is 0 Å². The molecule has 7 aromatic carbocycles. The molecule has 0 aliphatic carbocycles. The molecule has 42 heavy (non-hydrogen) atoms. The highest BCUT2D eigenvalue weighted by molar-refractivity contribution is 6.10. The standard InChI is InChI=1S/C40H28N2/c1-2-10-36(11-3-1)42-39-13-7-6-12-37(39)38-27-33(21-25-40(38)42)31-16-14-29(15-17-31)30-18-22-34(23-19-30)41-35-24-20-28-8-4-5-9-32(28)26-35/h1-27,41H. The Hall–Kier alpha value is -5.60. The Bertz CT molecular complexity index is 2190. The molecule has 0 amide bonds. The fraction of sp³-hybridized carbons (Fsp3) is 0. The van der Waals surface area contributed by atoms with Gasteiger partial charge in [-0.3, -0.25) is 0 Å². The lowest BCUT2D eigenvalue weighted by Crippen LogP contribution is -1.92. The van der Waals surface area contributed by atoms with Gasteiger partial charge in [0.15, 0.2) is 0 Å². The second-order valence-corrected chi connectivity index (χ2v) is 10.8. The van der Waals surface area contributed by atoms with Crippen molar-refractivity contribution >= 4 is 44.0 Å². The monoisotopic (exact) mass is 536 g/mol. The van der Waals surface area contributed by atoms with Crippen LogP contribution in [0.3, 0.4) is 0 Å². The number of fused-ring (bicyclic) bond motifs is 4. The van der Waals surface area contributed by atoms with Gasteiger partial charge in [0.1, 0.15) is 0 Å². The maximum atomic E-state index is 3.54. The molecule has 0 atom stereocenters. The first kappa shape index (κ1) is 24.2. The molecule has 1 N–H and O–H groups in total. The van der Waals surface area contributed by atoms with Gasteiger partial charge in [-0.2, -0.15) is 0 Å². The molecule has 0 saturated heterocycles. The van der Waals surface area contributed by atoms with E-state index in [2.05, 4.69) is 174 Å². The molecule has 8 aromatic rings. The molecule has 1 aromatic heterocycles. The van der Waals surface area contributed by atoms with E-state index in [0.717, 1.165) is 11.4 Å². The third-order valence-electron chi connectivity index (χ3n) is 8.16. The second kappa shape index (κ2) is 10.1. The summed E-state index contributed by atoms with van der Waals surface area (Å²) < 4.78 is 2.36. The minimum absolute atomic E-state index is 1.08. The van der Waals surface area contributed by atoms with Crippen LogP contribution in [-0.4, -0.2) is 4.57 Å². The number of hydrogen-bond donors (Lipinski definition) is 1. The molecule has 1 heterocycles. The molecular weight excluding hydrogens is 508 g/mol. The third kappa shape index (κ3) is 4.31. The number of aromatic nitrogens is 1. The predicted octanol–water partition coefficient (Wildman–Crippen LogP) is 11.0. The zero-order valence-corrected chi connectivity index (χ0v) is 23.0. The molecule has 0 bridgehead atoms. The summed E-state index contributed by atoms with van der Waals surface area (Å²) in [5, 5.41) is 8.57. The first-order valence-electron chi connectivity index (χ1n) is 14.4. The van der Waals surface area contributed by atoms with Crippen LogP contribution in [0.15, 0.2) is 164 Å². The van der Waals surface area contributed by atoms with E-state index in [-0.39, 0.29) is 0 Å². The summed E-state index contributed by atoms with van der Waals surface area (Å²) in [6.45, 7) is 0. The summed E-state index contributed by atoms with van der Waals surface area (Å²) in [6, 6.07) is 58.6. The molecule has 0 fully saturated rings. The first-order valence-corrected chi connectivity index (χ1v) is 14.4. The van der Waals surface area contributed by atoms with Crippen molar-refractivity contribution < 1.29 is 0 Å². The third-order valence-corrected chi connectivity index (χ3v) is 8.16. The Morgan fingerprint density at radius 2 is 0.929 bits per heavy atom. The summed E-state index contributed by atoms with van der Waals surface area (Å²) >= 11 is 0. The molecule has 0 aliphatic rings. The van der Waals surface area contributed by atoms with Gasteiger partial charge in [0, 0.05) is 27.8 Å². The average molecular weight is 537 g/mol. The van der Waals surface area contributed by atoms with Crippen molar-refractivity contribution in [2.75, 3.05) is 5.32 Å². The van der Waals surface area contributed by atoms with Gasteiger partial charge in [0.05, 0.1) is 11.0 Å². The highest BCUT2D eigenvalue weighted by Crippen LogP contribution is 2.35. The molecule has 0 unspecified atom stereocenters. The van der Waals surface area contributed by atoms with Crippen LogP contribution in [0.5, 0.6) is 0 Å². The molecule has 8 rings (SSSR count). The van der Waals surface area contributed by atoms with Gasteiger partial charge in [0.25, 0.3) is 0 Å². The number of anilines is 2. The normalized spacial score (nSPS) is 11.3. The van der Waals surface area contributed by atoms with E-state index in [1.54, 1.807) is 0 Å². The van der Waals surface area contributed by atoms with Crippen LogP contribution in [0.25, 0.3) is 60.5 Å². The van der Waals surface area contributed by atoms with E-state index in [9.17, 15) is 0 Å². The molecular formula is C40H28N2. The van der Waals surface area contributed by atoms with Crippen molar-refractivity contribution in [2.45, 2.75) is 0 Å². The molecule has 0 aliphatic heterocycles. The quantitative estimate of drug-likeness (QED) is 0.231. The Kier molecular flexibility index (Phi) is 5.82. The minimum atomic E-state index is 1.08. The number of benzene rings is 7. The first-order chi connectivity index (χ1) is 20.8. The lowest BCUT2D eigenvalue weighted by molar-refractivity contribution is 1.18. The SMILES string of the molecule is c1ccc(-n2c3ccccc3c3cc(-c4ccc(-c5ccc(Nc6ccc7ccccc7c6)cc5)cc4)ccc32)cc1. The maximum absolute atomic E-state index is 3.54. The Morgan fingerprint density at radius 1 is 0.357 bits per heavy atom. The Morgan fingerprint density at radius 3 is 1.71 bits per heavy atom. The zero-order chi connectivity index (χ0) is 27.9. The van der Waals surface area contributed by atoms with E-state index in [0.29, 0.717) is 0 Å². The average Bonchev–Trinajstić information content (AvgIpc) is 3.39. The predicted molar refractivity (Wildman–Crippen MR) is 179 cm³/mol. The molecule has 2 nitrogen and oxygen atoms in total. The van der Waals surface area contributed by atoms with Crippen LogP contribution in [0.4, 0.5) is 11.4 Å². The van der Waals surface area contributed by atoms with Crippen LogP contribution < -0.4 is 5.32 Å². The number of nitrogens with one attached hydrogen (secondary N) is 1. The lowest BCUT2D eigenvalue weighted by atomic mass is 9.99. The summed E-state index contributed by atoms with van der Waals surface area (Å²) in [6.07, 6.45) is 0. The summed E-state index contributed by atoms with van der Waals surface area (Å²) in [5.41, 5.74) is 10.6. The van der Waals surface area contributed by atoms with Crippen molar-refractivity contribution in [3.8, 4) is 27.9 Å². The van der Waals surface area contributed by atoms with Crippen LogP contribution in [0.2, 0.25) is 0 Å². The fourth-order valence-electron chi connectivity index (χ4n) is 6.04. The molecule has 0 spiro atoms. The van der Waals surface area contributed by atoms with Gasteiger partial charge in [-0.05, 0) is 87.6 Å². The van der Waals surface area contributed by atoms with Crippen LogP contribution in [0, 0.1) is 0 Å². The van der Waals surface area contributed by atoms with E-state index in [4.69, 9.17) is 0 Å². The van der Waals surface area contributed by atoms with Crippen molar-refractivity contribution in [1.82, 2.24) is 4.57 Å². The molecule has 0 radical (unpaired) electrons. The fourth-order valence-corrected chi connectivity index (χ4v) is 6.04. The number of hydrogen-bond acceptors (Lipinski definition) is 1. The van der Waals surface area contributed by atoms with Crippen molar-refractivity contribution in [3.63, 3.8) is 0 Å². The minimum Gasteiger partial charge on any atom is -0.356 e. The highest BCUT2D eigenvalue weighted by Gasteiger charge is 2.13. The lowest BCUT2D eigenvalue weighted by Gasteiger charge is -2.10. The topological polar surface area (TPSA) is 17.0 Å². The molecule has 2 heteroatoms. The van der Waals surface area contributed by atoms with Crippen molar-refractivity contribution in [3.05, 3.63) is 164 Å². The maximum Gasteiger partial charge on any atom is 0.0541 e. The van der Waals surface area contributed by atoms with E-state index >= 15 is 0 Å². The van der Waals surface area contributed by atoms with Gasteiger partial charge in [0.2, 0.25) is 0 Å². The molecule has 0 saturated carbocycles. The van der Waals surface area contributed by atoms with Gasteiger partial charge < -0.3 is 9.88 Å². The summed E-state index contributed by atoms with van der Waals surface area (Å²) in [5.74, 6) is 0. The van der Waals surface area contributed by atoms with Gasteiger partial charge in [-0.1, -0.05) is 109 Å². The second-order valence-electron chi connectivity index (χ2n) is 10.8. The molecule has 198 valence electrons. The van der Waals surface area contributed by atoms with E-state index in [1.807, 2.05) is 0 Å². The van der Waals surface area contributed by atoms with E-state index < -0.39 is 0 Å².